The van der Waals surface area contributed by atoms with Gasteiger partial charge in [0.25, 0.3) is 10.0 Å². The molecule has 3 rings (SSSR count). The summed E-state index contributed by atoms with van der Waals surface area (Å²) in [5, 5.41) is 2.96. The van der Waals surface area contributed by atoms with Crippen LogP contribution in [0.4, 0.5) is 0 Å². The summed E-state index contributed by atoms with van der Waals surface area (Å²) < 4.78 is 27.4. The van der Waals surface area contributed by atoms with Crippen LogP contribution in [0.1, 0.15) is 36.2 Å². The van der Waals surface area contributed by atoms with Crippen molar-refractivity contribution in [1.82, 2.24) is 9.62 Å². The molecule has 134 valence electrons. The van der Waals surface area contributed by atoms with Gasteiger partial charge in [0.2, 0.25) is 5.91 Å². The summed E-state index contributed by atoms with van der Waals surface area (Å²) in [4.78, 5) is 13.7. The number of carbonyl (C=O) groups excluding carboxylic acids is 1. The van der Waals surface area contributed by atoms with Crippen LogP contribution >= 0.6 is 11.3 Å². The number of sulfonamides is 1. The fourth-order valence-electron chi connectivity index (χ4n) is 3.09. The Morgan fingerprint density at radius 3 is 2.60 bits per heavy atom. The van der Waals surface area contributed by atoms with E-state index in [-0.39, 0.29) is 11.9 Å². The van der Waals surface area contributed by atoms with Crippen LogP contribution in [0.25, 0.3) is 0 Å². The van der Waals surface area contributed by atoms with Gasteiger partial charge in [-0.3, -0.25) is 4.79 Å². The van der Waals surface area contributed by atoms with Crippen LogP contribution in [0.15, 0.2) is 46.7 Å². The SMILES string of the molecule is Cc1ccc(S(=O)(=O)N2CCCC2C(=O)NC(C)c2ccccc2)s1. The molecule has 0 aliphatic carbocycles. The monoisotopic (exact) mass is 378 g/mol. The van der Waals surface area contributed by atoms with Crippen LogP contribution in [0.3, 0.4) is 0 Å². The van der Waals surface area contributed by atoms with Crippen LogP contribution in [-0.4, -0.2) is 31.2 Å². The number of amides is 1. The van der Waals surface area contributed by atoms with Crippen molar-refractivity contribution in [1.29, 1.82) is 0 Å². The minimum Gasteiger partial charge on any atom is -0.348 e. The van der Waals surface area contributed by atoms with Gasteiger partial charge in [-0.1, -0.05) is 30.3 Å². The zero-order valence-corrected chi connectivity index (χ0v) is 15.9. The second-order valence-corrected chi connectivity index (χ2v) is 9.69. The van der Waals surface area contributed by atoms with Gasteiger partial charge in [0.1, 0.15) is 10.3 Å². The fourth-order valence-corrected chi connectivity index (χ4v) is 6.16. The van der Waals surface area contributed by atoms with Crippen molar-refractivity contribution < 1.29 is 13.2 Å². The molecule has 2 aromatic rings. The molecule has 5 nitrogen and oxygen atoms in total. The molecule has 7 heteroatoms. The molecule has 0 radical (unpaired) electrons. The highest BCUT2D eigenvalue weighted by Crippen LogP contribution is 2.30. The minimum atomic E-state index is -3.62. The summed E-state index contributed by atoms with van der Waals surface area (Å²) in [5.74, 6) is -0.231. The maximum Gasteiger partial charge on any atom is 0.253 e. The lowest BCUT2D eigenvalue weighted by Crippen LogP contribution is -2.46. The average Bonchev–Trinajstić information content (AvgIpc) is 3.25. The summed E-state index contributed by atoms with van der Waals surface area (Å²) in [5.41, 5.74) is 0.997. The van der Waals surface area contributed by atoms with Crippen molar-refractivity contribution in [3.8, 4) is 0 Å². The van der Waals surface area contributed by atoms with Gasteiger partial charge in [-0.2, -0.15) is 4.31 Å². The van der Waals surface area contributed by atoms with Crippen molar-refractivity contribution in [3.05, 3.63) is 52.9 Å². The molecule has 1 aliphatic heterocycles. The van der Waals surface area contributed by atoms with Crippen molar-refractivity contribution >= 4 is 27.3 Å². The van der Waals surface area contributed by atoms with Gasteiger partial charge in [-0.05, 0) is 44.4 Å². The number of nitrogens with one attached hydrogen (secondary N) is 1. The number of nitrogens with zero attached hydrogens (tertiary/aromatic N) is 1. The van der Waals surface area contributed by atoms with E-state index in [1.165, 1.54) is 15.6 Å². The van der Waals surface area contributed by atoms with E-state index in [0.29, 0.717) is 23.6 Å². The standard InChI is InChI=1S/C18H22N2O3S2/c1-13-10-11-17(24-13)25(22,23)20-12-6-9-16(20)18(21)19-14(2)15-7-4-3-5-8-15/h3-5,7-8,10-11,14,16H,6,9,12H2,1-2H3,(H,19,21). The Morgan fingerprint density at radius 1 is 1.24 bits per heavy atom. The molecular formula is C18H22N2O3S2. The molecule has 2 unspecified atom stereocenters. The first-order valence-corrected chi connectivity index (χ1v) is 10.6. The molecule has 1 aliphatic rings. The summed E-state index contributed by atoms with van der Waals surface area (Å²) in [6.45, 7) is 4.17. The van der Waals surface area contributed by atoms with Crippen LogP contribution in [0, 0.1) is 6.92 Å². The van der Waals surface area contributed by atoms with Gasteiger partial charge in [0.15, 0.2) is 0 Å². The number of carbonyl (C=O) groups is 1. The summed E-state index contributed by atoms with van der Waals surface area (Å²) in [6, 6.07) is 12.3. The highest BCUT2D eigenvalue weighted by molar-refractivity contribution is 7.91. The van der Waals surface area contributed by atoms with Gasteiger partial charge >= 0.3 is 0 Å². The zero-order valence-electron chi connectivity index (χ0n) is 14.3. The molecule has 1 saturated heterocycles. The third-order valence-corrected chi connectivity index (χ3v) is 7.82. The molecule has 2 heterocycles. The van der Waals surface area contributed by atoms with E-state index < -0.39 is 16.1 Å². The minimum absolute atomic E-state index is 0.164. The summed E-state index contributed by atoms with van der Waals surface area (Å²) in [7, 11) is -3.62. The van der Waals surface area contributed by atoms with E-state index in [1.807, 2.05) is 44.2 Å². The molecule has 0 spiro atoms. The number of aryl methyl sites for hydroxylation is 1. The van der Waals surface area contributed by atoms with Gasteiger partial charge < -0.3 is 5.32 Å². The van der Waals surface area contributed by atoms with E-state index in [4.69, 9.17) is 0 Å². The first kappa shape index (κ1) is 18.1. The van der Waals surface area contributed by atoms with E-state index in [2.05, 4.69) is 5.32 Å². The topological polar surface area (TPSA) is 66.5 Å². The molecule has 2 atom stereocenters. The third-order valence-electron chi connectivity index (χ3n) is 4.44. The van der Waals surface area contributed by atoms with Crippen molar-refractivity contribution in [2.24, 2.45) is 0 Å². The predicted molar refractivity (Wildman–Crippen MR) is 99.0 cm³/mol. The number of rotatable bonds is 5. The average molecular weight is 379 g/mol. The summed E-state index contributed by atoms with van der Waals surface area (Å²) in [6.07, 6.45) is 1.25. The summed E-state index contributed by atoms with van der Waals surface area (Å²) >= 11 is 1.24. The predicted octanol–water partition coefficient (Wildman–Crippen LogP) is 3.09. The first-order chi connectivity index (χ1) is 11.9. The van der Waals surface area contributed by atoms with Gasteiger partial charge in [0, 0.05) is 11.4 Å². The Morgan fingerprint density at radius 2 is 1.96 bits per heavy atom. The molecule has 1 aromatic carbocycles. The lowest BCUT2D eigenvalue weighted by molar-refractivity contribution is -0.124. The molecular weight excluding hydrogens is 356 g/mol. The molecule has 1 aromatic heterocycles. The van der Waals surface area contributed by atoms with Gasteiger partial charge in [-0.25, -0.2) is 8.42 Å². The van der Waals surface area contributed by atoms with E-state index >= 15 is 0 Å². The van der Waals surface area contributed by atoms with Crippen LogP contribution < -0.4 is 5.32 Å². The van der Waals surface area contributed by atoms with Crippen molar-refractivity contribution in [2.45, 2.75) is 43.0 Å². The zero-order chi connectivity index (χ0) is 18.0. The maximum atomic E-state index is 12.9. The van der Waals surface area contributed by atoms with Crippen LogP contribution in [0.2, 0.25) is 0 Å². The first-order valence-electron chi connectivity index (χ1n) is 8.33. The number of hydrogen-bond donors (Lipinski definition) is 1. The molecule has 1 N–H and O–H groups in total. The number of benzene rings is 1. The molecule has 0 saturated carbocycles. The lowest BCUT2D eigenvalue weighted by Gasteiger charge is -2.24. The lowest BCUT2D eigenvalue weighted by atomic mass is 10.1. The quantitative estimate of drug-likeness (QED) is 0.869. The van der Waals surface area contributed by atoms with E-state index in [1.54, 1.807) is 12.1 Å². The Hall–Kier alpha value is -1.70. The Bertz CT molecular complexity index is 846. The largest absolute Gasteiger partial charge is 0.348 e. The highest BCUT2D eigenvalue weighted by Gasteiger charge is 2.40. The smallest absolute Gasteiger partial charge is 0.253 e. The van der Waals surface area contributed by atoms with E-state index in [9.17, 15) is 13.2 Å². The second kappa shape index (κ2) is 7.27. The van der Waals surface area contributed by atoms with Gasteiger partial charge in [0.05, 0.1) is 6.04 Å². The second-order valence-electron chi connectivity index (χ2n) is 6.28. The molecule has 25 heavy (non-hydrogen) atoms. The van der Waals surface area contributed by atoms with Crippen molar-refractivity contribution in [3.63, 3.8) is 0 Å². The third kappa shape index (κ3) is 3.78. The molecule has 0 bridgehead atoms. The Labute approximate surface area is 152 Å². The Balaban J connectivity index is 1.76. The van der Waals surface area contributed by atoms with Gasteiger partial charge in [-0.15, -0.1) is 11.3 Å². The Kier molecular flexibility index (Phi) is 5.27. The maximum absolute atomic E-state index is 12.9. The number of thiophene rings is 1. The molecule has 1 fully saturated rings. The van der Waals surface area contributed by atoms with Crippen molar-refractivity contribution in [2.75, 3.05) is 6.54 Å². The van der Waals surface area contributed by atoms with E-state index in [0.717, 1.165) is 10.4 Å². The molecule has 1 amide bonds. The van der Waals surface area contributed by atoms with Crippen LogP contribution in [0.5, 0.6) is 0 Å². The normalized spacial score (nSPS) is 19.7. The van der Waals surface area contributed by atoms with Crippen LogP contribution in [-0.2, 0) is 14.8 Å². The fraction of sp³-hybridized carbons (Fsp3) is 0.389. The number of hydrogen-bond acceptors (Lipinski definition) is 4. The highest BCUT2D eigenvalue weighted by atomic mass is 32.2.